The molecule has 3 heteroatoms. The second-order valence-corrected chi connectivity index (χ2v) is 13.1. The normalized spacial score (nSPS) is 10.3. The van der Waals surface area contributed by atoms with Gasteiger partial charge in [0, 0.05) is 0 Å². The van der Waals surface area contributed by atoms with Gasteiger partial charge in [-0.25, -0.2) is 0 Å². The van der Waals surface area contributed by atoms with Crippen LogP contribution in [-0.2, 0) is 22.4 Å². The minimum atomic E-state index is -0.446. The molecule has 0 spiro atoms. The Bertz CT molecular complexity index is 1170. The summed E-state index contributed by atoms with van der Waals surface area (Å²) in [7, 11) is -0.892. The van der Waals surface area contributed by atoms with Gasteiger partial charge in [0.1, 0.15) is 0 Å². The minimum Gasteiger partial charge on any atom is -0.0622 e. The van der Waals surface area contributed by atoms with E-state index in [2.05, 4.69) is 182 Å². The number of hydrogen-bond donors (Lipinski definition) is 0. The van der Waals surface area contributed by atoms with Crippen molar-refractivity contribution in [1.82, 2.24) is 0 Å². The smallest absolute Gasteiger partial charge is 0.0622 e. The zero-order chi connectivity index (χ0) is 25.8. The first-order chi connectivity index (χ1) is 18.9. The molecule has 0 bridgehead atoms. The van der Waals surface area contributed by atoms with Crippen LogP contribution in [0.1, 0.15) is 0 Å². The molecule has 0 amide bonds. The Hall–Kier alpha value is -3.08. The van der Waals surface area contributed by atoms with Crippen LogP contribution in [0.5, 0.6) is 0 Å². The molecule has 0 aromatic heterocycles. The molecule has 0 N–H and O–H groups in total. The molecule has 0 aliphatic carbocycles. The monoisotopic (exact) mass is 721 g/mol. The molecular weight excluding hydrogens is 691 g/mol. The SMILES string of the molecule is [Au+].c1ccc(P(c2ccccc2)c2ccccc2)cc1.c1ccc(P(c2ccccc2)c2ccccc2)cc1. The van der Waals surface area contributed by atoms with E-state index >= 15 is 0 Å². The molecule has 0 aliphatic heterocycles. The average Bonchev–Trinajstić information content (AvgIpc) is 3.01. The van der Waals surface area contributed by atoms with E-state index in [4.69, 9.17) is 0 Å². The van der Waals surface area contributed by atoms with E-state index in [1.165, 1.54) is 31.8 Å². The molecule has 0 aliphatic rings. The van der Waals surface area contributed by atoms with E-state index in [9.17, 15) is 0 Å². The maximum Gasteiger partial charge on any atom is 1.00 e. The van der Waals surface area contributed by atoms with Crippen molar-refractivity contribution in [2.75, 3.05) is 0 Å². The third-order valence-electron chi connectivity index (χ3n) is 6.09. The van der Waals surface area contributed by atoms with Gasteiger partial charge in [-0.15, -0.1) is 0 Å². The maximum absolute atomic E-state index is 2.23. The van der Waals surface area contributed by atoms with Gasteiger partial charge in [0.05, 0.1) is 0 Å². The first-order valence-electron chi connectivity index (χ1n) is 12.8. The van der Waals surface area contributed by atoms with E-state index in [1.807, 2.05) is 0 Å². The van der Waals surface area contributed by atoms with Crippen molar-refractivity contribution >= 4 is 47.7 Å². The average molecular weight is 722 g/mol. The van der Waals surface area contributed by atoms with Crippen LogP contribution in [0.15, 0.2) is 182 Å². The molecule has 0 nitrogen and oxygen atoms in total. The van der Waals surface area contributed by atoms with Crippen LogP contribution in [0.4, 0.5) is 0 Å². The van der Waals surface area contributed by atoms with E-state index in [-0.39, 0.29) is 22.4 Å². The van der Waals surface area contributed by atoms with Crippen molar-refractivity contribution in [1.29, 1.82) is 0 Å². The molecular formula is C36H30AuP2+. The second kappa shape index (κ2) is 15.5. The molecule has 0 fully saturated rings. The molecule has 6 rings (SSSR count). The Labute approximate surface area is 250 Å². The third kappa shape index (κ3) is 7.97. The summed E-state index contributed by atoms with van der Waals surface area (Å²) in [6.45, 7) is 0. The Morgan fingerprint density at radius 1 is 0.205 bits per heavy atom. The van der Waals surface area contributed by atoms with Gasteiger partial charge in [-0.05, 0) is 47.7 Å². The van der Waals surface area contributed by atoms with Gasteiger partial charge in [0.2, 0.25) is 0 Å². The molecule has 6 aromatic rings. The number of hydrogen-bond acceptors (Lipinski definition) is 0. The molecule has 39 heavy (non-hydrogen) atoms. The predicted octanol–water partition coefficient (Wildman–Crippen LogP) is 6.89. The molecule has 6 aromatic carbocycles. The molecule has 0 atom stereocenters. The Morgan fingerprint density at radius 2 is 0.333 bits per heavy atom. The predicted molar refractivity (Wildman–Crippen MR) is 170 cm³/mol. The zero-order valence-electron chi connectivity index (χ0n) is 21.5. The third-order valence-corrected chi connectivity index (χ3v) is 11.0. The largest absolute Gasteiger partial charge is 1.00 e. The van der Waals surface area contributed by atoms with Crippen molar-refractivity contribution in [3.8, 4) is 0 Å². The molecule has 0 saturated carbocycles. The van der Waals surface area contributed by atoms with Crippen LogP contribution < -0.4 is 31.8 Å². The fourth-order valence-electron chi connectivity index (χ4n) is 4.36. The Kier molecular flexibility index (Phi) is 11.5. The van der Waals surface area contributed by atoms with Crippen molar-refractivity contribution in [2.45, 2.75) is 0 Å². The summed E-state index contributed by atoms with van der Waals surface area (Å²) in [5, 5.41) is 8.39. The van der Waals surface area contributed by atoms with E-state index in [0.29, 0.717) is 0 Å². The summed E-state index contributed by atoms with van der Waals surface area (Å²) in [5.41, 5.74) is 0. The van der Waals surface area contributed by atoms with E-state index < -0.39 is 15.8 Å². The number of benzene rings is 6. The fraction of sp³-hybridized carbons (Fsp3) is 0. The van der Waals surface area contributed by atoms with Crippen LogP contribution in [0.25, 0.3) is 0 Å². The van der Waals surface area contributed by atoms with Crippen LogP contribution in [0.3, 0.4) is 0 Å². The summed E-state index contributed by atoms with van der Waals surface area (Å²) in [6.07, 6.45) is 0. The molecule has 0 radical (unpaired) electrons. The van der Waals surface area contributed by atoms with Crippen molar-refractivity contribution in [3.63, 3.8) is 0 Å². The molecule has 0 unspecified atom stereocenters. The maximum atomic E-state index is 2.23. The summed E-state index contributed by atoms with van der Waals surface area (Å²) in [6, 6.07) is 64.7. The van der Waals surface area contributed by atoms with E-state index in [0.717, 1.165) is 0 Å². The summed E-state index contributed by atoms with van der Waals surface area (Å²) < 4.78 is 0. The van der Waals surface area contributed by atoms with Crippen LogP contribution >= 0.6 is 15.8 Å². The summed E-state index contributed by atoms with van der Waals surface area (Å²) >= 11 is 0. The topological polar surface area (TPSA) is 0 Å². The zero-order valence-corrected chi connectivity index (χ0v) is 25.5. The first-order valence-corrected chi connectivity index (χ1v) is 15.5. The van der Waals surface area contributed by atoms with Crippen LogP contribution in [-0.4, -0.2) is 0 Å². The Morgan fingerprint density at radius 3 is 0.462 bits per heavy atom. The fourth-order valence-corrected chi connectivity index (χ4v) is 8.97. The quantitative estimate of drug-likeness (QED) is 0.130. The van der Waals surface area contributed by atoms with Gasteiger partial charge in [-0.3, -0.25) is 0 Å². The van der Waals surface area contributed by atoms with Gasteiger partial charge in [-0.2, -0.15) is 0 Å². The molecule has 194 valence electrons. The standard InChI is InChI=1S/2C18H15P.Au/c2*1-4-10-16(11-5-1)19(17-12-6-2-7-13-17)18-14-8-3-9-15-18;/h2*1-15H;/q;;+1. The van der Waals surface area contributed by atoms with Gasteiger partial charge in [-0.1, -0.05) is 182 Å². The number of rotatable bonds is 6. The van der Waals surface area contributed by atoms with Crippen molar-refractivity contribution in [2.24, 2.45) is 0 Å². The first kappa shape index (κ1) is 28.9. The van der Waals surface area contributed by atoms with Gasteiger partial charge in [0.15, 0.2) is 0 Å². The van der Waals surface area contributed by atoms with Crippen molar-refractivity contribution in [3.05, 3.63) is 182 Å². The van der Waals surface area contributed by atoms with Gasteiger partial charge < -0.3 is 0 Å². The van der Waals surface area contributed by atoms with Gasteiger partial charge >= 0.3 is 22.4 Å². The molecule has 0 heterocycles. The van der Waals surface area contributed by atoms with E-state index in [1.54, 1.807) is 0 Å². The minimum absolute atomic E-state index is 0. The summed E-state index contributed by atoms with van der Waals surface area (Å²) in [5.74, 6) is 0. The van der Waals surface area contributed by atoms with Crippen molar-refractivity contribution < 1.29 is 22.4 Å². The Balaban J connectivity index is 0.000000176. The van der Waals surface area contributed by atoms with Crippen LogP contribution in [0, 0.1) is 0 Å². The van der Waals surface area contributed by atoms with Gasteiger partial charge in [0.25, 0.3) is 0 Å². The second-order valence-electron chi connectivity index (χ2n) is 8.68. The molecule has 0 saturated heterocycles. The van der Waals surface area contributed by atoms with Crippen LogP contribution in [0.2, 0.25) is 0 Å². The summed E-state index contributed by atoms with van der Waals surface area (Å²) in [4.78, 5) is 0.